The Labute approximate surface area is 135 Å². The van der Waals surface area contributed by atoms with Gasteiger partial charge in [-0.25, -0.2) is 0 Å². The van der Waals surface area contributed by atoms with Crippen LogP contribution in [0.5, 0.6) is 0 Å². The van der Waals surface area contributed by atoms with Crippen molar-refractivity contribution in [1.29, 1.82) is 0 Å². The monoisotopic (exact) mass is 318 g/mol. The fourth-order valence-electron chi connectivity index (χ4n) is 3.01. The Bertz CT molecular complexity index is 606. The van der Waals surface area contributed by atoms with Gasteiger partial charge in [0.15, 0.2) is 5.76 Å². The van der Waals surface area contributed by atoms with Crippen LogP contribution in [0.3, 0.4) is 0 Å². The first-order valence-electron chi connectivity index (χ1n) is 7.79. The number of thiophene rings is 1. The molecular weight excluding hydrogens is 296 g/mol. The predicted molar refractivity (Wildman–Crippen MR) is 88.1 cm³/mol. The van der Waals surface area contributed by atoms with Gasteiger partial charge in [-0.05, 0) is 49.7 Å². The van der Waals surface area contributed by atoms with Gasteiger partial charge in [-0.1, -0.05) is 6.07 Å². The van der Waals surface area contributed by atoms with Gasteiger partial charge in [0.1, 0.15) is 0 Å². The van der Waals surface area contributed by atoms with Crippen LogP contribution >= 0.6 is 11.3 Å². The summed E-state index contributed by atoms with van der Waals surface area (Å²) < 4.78 is 5.24. The highest BCUT2D eigenvalue weighted by Gasteiger charge is 2.21. The first kappa shape index (κ1) is 15.3. The number of carbonyl (C=O) groups is 1. The second kappa shape index (κ2) is 7.11. The number of hydrogen-bond acceptors (Lipinski definition) is 4. The van der Waals surface area contributed by atoms with E-state index in [4.69, 9.17) is 4.42 Å². The normalized spacial score (nSPS) is 19.2. The number of likely N-dealkylation sites (tertiary alicyclic amines) is 1. The number of piperidine rings is 1. The minimum absolute atomic E-state index is 0.0992. The van der Waals surface area contributed by atoms with E-state index in [1.807, 2.05) is 24.3 Å². The Morgan fingerprint density at radius 1 is 1.50 bits per heavy atom. The van der Waals surface area contributed by atoms with E-state index in [-0.39, 0.29) is 5.91 Å². The Morgan fingerprint density at radius 3 is 3.14 bits per heavy atom. The summed E-state index contributed by atoms with van der Waals surface area (Å²) >= 11 is 1.81. The lowest BCUT2D eigenvalue weighted by Gasteiger charge is -2.32. The zero-order valence-electron chi connectivity index (χ0n) is 12.9. The van der Waals surface area contributed by atoms with Crippen molar-refractivity contribution in [2.45, 2.75) is 26.3 Å². The van der Waals surface area contributed by atoms with Crippen molar-refractivity contribution in [1.82, 2.24) is 10.2 Å². The molecule has 0 aliphatic carbocycles. The third-order valence-electron chi connectivity index (χ3n) is 4.18. The van der Waals surface area contributed by atoms with Crippen molar-refractivity contribution in [3.05, 3.63) is 46.0 Å². The maximum Gasteiger partial charge on any atom is 0.287 e. The van der Waals surface area contributed by atoms with Gasteiger partial charge in [0.05, 0.1) is 6.26 Å². The van der Waals surface area contributed by atoms with Crippen LogP contribution in [-0.4, -0.2) is 30.4 Å². The van der Waals surface area contributed by atoms with Crippen molar-refractivity contribution in [3.63, 3.8) is 0 Å². The van der Waals surface area contributed by atoms with Crippen molar-refractivity contribution >= 4 is 17.2 Å². The molecular formula is C17H22N2O2S. The smallest absolute Gasteiger partial charge is 0.287 e. The molecule has 118 valence electrons. The minimum atomic E-state index is -0.0992. The average Bonchev–Trinajstić information content (AvgIpc) is 3.17. The molecule has 1 aliphatic rings. The average molecular weight is 318 g/mol. The second-order valence-corrected chi connectivity index (χ2v) is 7.00. The lowest BCUT2D eigenvalue weighted by Crippen LogP contribution is -2.40. The summed E-state index contributed by atoms with van der Waals surface area (Å²) in [6, 6.07) is 6.11. The Kier molecular flexibility index (Phi) is 4.95. The highest BCUT2D eigenvalue weighted by atomic mass is 32.1. The van der Waals surface area contributed by atoms with Crippen molar-refractivity contribution in [2.75, 3.05) is 19.6 Å². The summed E-state index contributed by atoms with van der Waals surface area (Å²) in [7, 11) is 0. The Morgan fingerprint density at radius 2 is 2.41 bits per heavy atom. The van der Waals surface area contributed by atoms with E-state index in [9.17, 15) is 4.79 Å². The Balaban J connectivity index is 1.48. The van der Waals surface area contributed by atoms with E-state index >= 15 is 0 Å². The van der Waals surface area contributed by atoms with Crippen LogP contribution in [0.15, 0.2) is 34.3 Å². The Hall–Kier alpha value is -1.59. The predicted octanol–water partition coefficient (Wildman–Crippen LogP) is 3.29. The van der Waals surface area contributed by atoms with E-state index in [2.05, 4.69) is 27.7 Å². The van der Waals surface area contributed by atoms with Gasteiger partial charge in [0.2, 0.25) is 0 Å². The topological polar surface area (TPSA) is 45.5 Å². The number of aryl methyl sites for hydroxylation is 1. The minimum Gasteiger partial charge on any atom is -0.459 e. The highest BCUT2D eigenvalue weighted by molar-refractivity contribution is 7.09. The molecule has 0 radical (unpaired) electrons. The standard InChI is InChI=1S/C17H22N2O2S/c1-13-6-8-21-16(13)17(20)18-10-14-4-2-7-19(11-14)12-15-5-3-9-22-15/h3,5-6,8-9,14H,2,4,7,10-12H2,1H3,(H,18,20)/t14-/m1/s1. The van der Waals surface area contributed by atoms with Gasteiger partial charge in [-0.2, -0.15) is 0 Å². The summed E-state index contributed by atoms with van der Waals surface area (Å²) in [5, 5.41) is 5.15. The van der Waals surface area contributed by atoms with Gasteiger partial charge in [0.25, 0.3) is 5.91 Å². The van der Waals surface area contributed by atoms with Gasteiger partial charge in [-0.3, -0.25) is 9.69 Å². The van der Waals surface area contributed by atoms with E-state index in [0.29, 0.717) is 11.7 Å². The number of nitrogens with one attached hydrogen (secondary N) is 1. The van der Waals surface area contributed by atoms with Crippen LogP contribution in [0.1, 0.15) is 33.8 Å². The van der Waals surface area contributed by atoms with Crippen LogP contribution in [0, 0.1) is 12.8 Å². The van der Waals surface area contributed by atoms with E-state index < -0.39 is 0 Å². The van der Waals surface area contributed by atoms with E-state index in [1.54, 1.807) is 6.26 Å². The van der Waals surface area contributed by atoms with Crippen LogP contribution in [0.4, 0.5) is 0 Å². The van der Waals surface area contributed by atoms with Gasteiger partial charge in [0, 0.05) is 30.1 Å². The van der Waals surface area contributed by atoms with Crippen molar-refractivity contribution < 1.29 is 9.21 Å². The fraction of sp³-hybridized carbons (Fsp3) is 0.471. The van der Waals surface area contributed by atoms with E-state index in [0.717, 1.165) is 31.7 Å². The lowest BCUT2D eigenvalue weighted by molar-refractivity contribution is 0.0902. The first-order valence-corrected chi connectivity index (χ1v) is 8.67. The molecule has 0 saturated carbocycles. The molecule has 22 heavy (non-hydrogen) atoms. The molecule has 3 heterocycles. The molecule has 5 heteroatoms. The largest absolute Gasteiger partial charge is 0.459 e. The van der Waals surface area contributed by atoms with Crippen LogP contribution in [0.25, 0.3) is 0 Å². The van der Waals surface area contributed by atoms with Crippen molar-refractivity contribution in [2.24, 2.45) is 5.92 Å². The molecule has 0 unspecified atom stereocenters. The lowest BCUT2D eigenvalue weighted by atomic mass is 9.98. The molecule has 0 spiro atoms. The molecule has 1 fully saturated rings. The number of amides is 1. The van der Waals surface area contributed by atoms with Crippen molar-refractivity contribution in [3.8, 4) is 0 Å². The van der Waals surface area contributed by atoms with Gasteiger partial charge < -0.3 is 9.73 Å². The third kappa shape index (κ3) is 3.78. The number of hydrogen-bond donors (Lipinski definition) is 1. The molecule has 1 atom stereocenters. The van der Waals surface area contributed by atoms with Crippen LogP contribution in [-0.2, 0) is 6.54 Å². The molecule has 4 nitrogen and oxygen atoms in total. The molecule has 0 aromatic carbocycles. The van der Waals surface area contributed by atoms with Crippen LogP contribution in [0.2, 0.25) is 0 Å². The zero-order chi connectivity index (χ0) is 15.4. The summed E-state index contributed by atoms with van der Waals surface area (Å²) in [5.41, 5.74) is 0.889. The molecule has 1 aliphatic heterocycles. The number of carbonyl (C=O) groups excluding carboxylic acids is 1. The maximum absolute atomic E-state index is 12.1. The number of nitrogens with zero attached hydrogens (tertiary/aromatic N) is 1. The molecule has 1 amide bonds. The molecule has 0 bridgehead atoms. The molecule has 2 aromatic rings. The maximum atomic E-state index is 12.1. The van der Waals surface area contributed by atoms with E-state index in [1.165, 1.54) is 17.7 Å². The van der Waals surface area contributed by atoms with Gasteiger partial charge >= 0.3 is 0 Å². The molecule has 2 aromatic heterocycles. The van der Waals surface area contributed by atoms with Gasteiger partial charge in [-0.15, -0.1) is 11.3 Å². The third-order valence-corrected chi connectivity index (χ3v) is 5.04. The molecule has 3 rings (SSSR count). The number of rotatable bonds is 5. The SMILES string of the molecule is Cc1ccoc1C(=O)NC[C@H]1CCCN(Cc2cccs2)C1. The quantitative estimate of drug-likeness (QED) is 0.920. The first-order chi connectivity index (χ1) is 10.7. The summed E-state index contributed by atoms with van der Waals surface area (Å²) in [6.07, 6.45) is 3.94. The zero-order valence-corrected chi connectivity index (χ0v) is 13.7. The summed E-state index contributed by atoms with van der Waals surface area (Å²) in [6.45, 7) is 5.84. The second-order valence-electron chi connectivity index (χ2n) is 5.97. The molecule has 1 saturated heterocycles. The summed E-state index contributed by atoms with van der Waals surface area (Å²) in [4.78, 5) is 16.0. The van der Waals surface area contributed by atoms with Crippen LogP contribution < -0.4 is 5.32 Å². The molecule has 1 N–H and O–H groups in total. The highest BCUT2D eigenvalue weighted by Crippen LogP contribution is 2.20. The summed E-state index contributed by atoms with van der Waals surface area (Å²) in [5.74, 6) is 0.858. The number of furan rings is 1. The fourth-order valence-corrected chi connectivity index (χ4v) is 3.75.